The summed E-state index contributed by atoms with van der Waals surface area (Å²) in [6.07, 6.45) is 0.731. The third-order valence-corrected chi connectivity index (χ3v) is 9.92. The Labute approximate surface area is 257 Å². The lowest BCUT2D eigenvalue weighted by molar-refractivity contribution is -0.132. The quantitative estimate of drug-likeness (QED) is 0.0752. The van der Waals surface area contributed by atoms with Gasteiger partial charge in [0.25, 0.3) is 5.78 Å². The Hall–Kier alpha value is -3.66. The van der Waals surface area contributed by atoms with Crippen LogP contribution in [0.25, 0.3) is 5.76 Å². The summed E-state index contributed by atoms with van der Waals surface area (Å²) >= 11 is 8.99. The van der Waals surface area contributed by atoms with Gasteiger partial charge in [-0.2, -0.15) is 0 Å². The smallest absolute Gasteiger partial charge is 0.301 e. The van der Waals surface area contributed by atoms with Gasteiger partial charge in [-0.05, 0) is 59.4 Å². The van der Waals surface area contributed by atoms with Gasteiger partial charge in [0.1, 0.15) is 17.6 Å². The van der Waals surface area contributed by atoms with Crippen molar-refractivity contribution in [1.29, 1.82) is 0 Å². The lowest BCUT2D eigenvalue weighted by Crippen LogP contribution is -2.29. The Bertz CT molecular complexity index is 1720. The summed E-state index contributed by atoms with van der Waals surface area (Å²) in [5.74, 6) is -0.108. The van der Waals surface area contributed by atoms with E-state index in [1.807, 2.05) is 61.5 Å². The molecule has 10 heteroatoms. The number of aromatic nitrogens is 2. The van der Waals surface area contributed by atoms with Crippen LogP contribution in [0.4, 0.5) is 5.13 Å². The summed E-state index contributed by atoms with van der Waals surface area (Å²) in [6.45, 7) is 6.18. The van der Waals surface area contributed by atoms with Crippen LogP contribution in [-0.2, 0) is 21.8 Å². The van der Waals surface area contributed by atoms with Gasteiger partial charge in [-0.15, -0.1) is 10.2 Å². The molecule has 1 fully saturated rings. The second-order valence-corrected chi connectivity index (χ2v) is 13.3. The molecule has 2 unspecified atom stereocenters. The summed E-state index contributed by atoms with van der Waals surface area (Å²) in [4.78, 5) is 28.6. The predicted octanol–water partition coefficient (Wildman–Crippen LogP) is 7.56. The maximum absolute atomic E-state index is 13.6. The monoisotopic (exact) mass is 617 g/mol. The number of benzene rings is 3. The standard InChI is InChI=1S/C32H28ClN3O4S2/c1-17(2)19-8-10-20(11-9-19)27-26(28(37)21-12-13-25-23(15-21)14-18(3)40-25)29(38)30(39)36(27)31-34-35-32(42-31)41-16-22-6-4-5-7-24(22)33/h4-13,15,17-18,27,37H,14,16H2,1-3H3/b28-26-. The predicted molar refractivity (Wildman–Crippen MR) is 166 cm³/mol. The van der Waals surface area contributed by atoms with Gasteiger partial charge in [0.05, 0.1) is 11.6 Å². The summed E-state index contributed by atoms with van der Waals surface area (Å²) in [7, 11) is 0. The van der Waals surface area contributed by atoms with E-state index in [1.54, 1.807) is 12.1 Å². The fraction of sp³-hybridized carbons (Fsp3) is 0.250. The Balaban J connectivity index is 1.40. The van der Waals surface area contributed by atoms with Crippen molar-refractivity contribution in [1.82, 2.24) is 10.2 Å². The molecule has 2 aliphatic heterocycles. The SMILES string of the molecule is CC1Cc2cc(/C(O)=C3/C(=O)C(=O)N(c4nnc(SCc5ccccc5Cl)s4)C3c3ccc(C(C)C)cc3)ccc2O1. The normalized spacial score (nSPS) is 19.4. The minimum atomic E-state index is -0.871. The molecular formula is C32H28ClN3O4S2. The van der Waals surface area contributed by atoms with Crippen molar-refractivity contribution in [3.05, 3.63) is 105 Å². The number of fused-ring (bicyclic) bond motifs is 1. The Morgan fingerprint density at radius 3 is 2.62 bits per heavy atom. The number of nitrogens with zero attached hydrogens (tertiary/aromatic N) is 3. The number of aliphatic hydroxyl groups is 1. The molecule has 0 radical (unpaired) electrons. The van der Waals surface area contributed by atoms with Crippen molar-refractivity contribution in [2.24, 2.45) is 0 Å². The second kappa shape index (κ2) is 11.6. The van der Waals surface area contributed by atoms with E-state index in [0.717, 1.165) is 22.4 Å². The highest BCUT2D eigenvalue weighted by Crippen LogP contribution is 2.45. The van der Waals surface area contributed by atoms with Crippen LogP contribution in [0.2, 0.25) is 5.02 Å². The van der Waals surface area contributed by atoms with Crippen molar-refractivity contribution in [2.75, 3.05) is 4.90 Å². The highest BCUT2D eigenvalue weighted by Gasteiger charge is 2.48. The average molecular weight is 618 g/mol. The molecule has 1 saturated heterocycles. The zero-order valence-electron chi connectivity index (χ0n) is 23.2. The Kier molecular flexibility index (Phi) is 7.83. The summed E-state index contributed by atoms with van der Waals surface area (Å²) in [5.41, 5.74) is 4.20. The molecule has 3 heterocycles. The fourth-order valence-corrected chi connectivity index (χ4v) is 7.40. The van der Waals surface area contributed by atoms with Gasteiger partial charge in [0, 0.05) is 22.8 Å². The molecule has 1 aromatic heterocycles. The minimum absolute atomic E-state index is 0.0182. The summed E-state index contributed by atoms with van der Waals surface area (Å²) < 4.78 is 6.44. The number of thioether (sulfide) groups is 1. The van der Waals surface area contributed by atoms with Crippen molar-refractivity contribution < 1.29 is 19.4 Å². The largest absolute Gasteiger partial charge is 0.507 e. The zero-order valence-corrected chi connectivity index (χ0v) is 25.6. The lowest BCUT2D eigenvalue weighted by Gasteiger charge is -2.23. The molecule has 2 atom stereocenters. The molecule has 0 spiro atoms. The topological polar surface area (TPSA) is 92.6 Å². The number of anilines is 1. The Morgan fingerprint density at radius 2 is 1.88 bits per heavy atom. The van der Waals surface area contributed by atoms with Crippen LogP contribution in [0.3, 0.4) is 0 Å². The van der Waals surface area contributed by atoms with Crippen LogP contribution in [-0.4, -0.2) is 33.1 Å². The van der Waals surface area contributed by atoms with Crippen LogP contribution >= 0.6 is 34.7 Å². The van der Waals surface area contributed by atoms with Crippen molar-refractivity contribution in [3.8, 4) is 5.75 Å². The molecule has 1 amide bonds. The molecule has 6 rings (SSSR count). The van der Waals surface area contributed by atoms with Gasteiger partial charge in [-0.3, -0.25) is 14.5 Å². The number of hydrogen-bond donors (Lipinski definition) is 1. The van der Waals surface area contributed by atoms with E-state index in [2.05, 4.69) is 24.0 Å². The molecule has 0 saturated carbocycles. The minimum Gasteiger partial charge on any atom is -0.507 e. The molecule has 42 heavy (non-hydrogen) atoms. The van der Waals surface area contributed by atoms with Crippen LogP contribution in [0.5, 0.6) is 5.75 Å². The van der Waals surface area contributed by atoms with Crippen molar-refractivity contribution >= 4 is 57.3 Å². The molecule has 214 valence electrons. The first-order valence-corrected chi connectivity index (χ1v) is 15.8. The lowest BCUT2D eigenvalue weighted by atomic mass is 9.93. The number of ether oxygens (including phenoxy) is 1. The number of halogens is 1. The number of ketones is 1. The third kappa shape index (κ3) is 5.32. The van der Waals surface area contributed by atoms with Crippen molar-refractivity contribution in [3.63, 3.8) is 0 Å². The van der Waals surface area contributed by atoms with Crippen LogP contribution < -0.4 is 9.64 Å². The van der Waals surface area contributed by atoms with E-state index in [0.29, 0.717) is 38.6 Å². The summed E-state index contributed by atoms with van der Waals surface area (Å²) in [5, 5.41) is 21.1. The molecule has 4 aromatic rings. The van der Waals surface area contributed by atoms with Gasteiger partial charge < -0.3 is 9.84 Å². The van der Waals surface area contributed by atoms with Crippen LogP contribution in [0.1, 0.15) is 60.5 Å². The number of hydrogen-bond acceptors (Lipinski definition) is 8. The first-order chi connectivity index (χ1) is 20.2. The molecule has 3 aromatic carbocycles. The number of aliphatic hydroxyl groups excluding tert-OH is 1. The van der Waals surface area contributed by atoms with Gasteiger partial charge in [-0.25, -0.2) is 0 Å². The summed E-state index contributed by atoms with van der Waals surface area (Å²) in [6, 6.07) is 19.8. The number of carbonyl (C=O) groups excluding carboxylic acids is 2. The molecule has 2 aliphatic rings. The third-order valence-electron chi connectivity index (χ3n) is 7.44. The van der Waals surface area contributed by atoms with Gasteiger partial charge in [-0.1, -0.05) is 91.0 Å². The van der Waals surface area contributed by atoms with Gasteiger partial charge in [0.15, 0.2) is 4.34 Å². The van der Waals surface area contributed by atoms with E-state index in [9.17, 15) is 14.7 Å². The maximum atomic E-state index is 13.6. The number of carbonyl (C=O) groups is 2. The van der Waals surface area contributed by atoms with Gasteiger partial charge in [0.2, 0.25) is 5.13 Å². The molecule has 7 nitrogen and oxygen atoms in total. The first kappa shape index (κ1) is 28.5. The zero-order chi connectivity index (χ0) is 29.5. The van der Waals surface area contributed by atoms with E-state index in [4.69, 9.17) is 16.3 Å². The number of amides is 1. The molecule has 0 aliphatic carbocycles. The average Bonchev–Trinajstić information content (AvgIpc) is 3.67. The maximum Gasteiger partial charge on any atom is 0.301 e. The van der Waals surface area contributed by atoms with Crippen molar-refractivity contribution in [2.45, 2.75) is 55.3 Å². The van der Waals surface area contributed by atoms with Crippen LogP contribution in [0, 0.1) is 0 Å². The van der Waals surface area contributed by atoms with Crippen LogP contribution in [0.15, 0.2) is 76.6 Å². The number of rotatable bonds is 7. The molecular weight excluding hydrogens is 590 g/mol. The fourth-order valence-electron chi connectivity index (χ4n) is 5.25. The Morgan fingerprint density at radius 1 is 1.12 bits per heavy atom. The van der Waals surface area contributed by atoms with E-state index in [-0.39, 0.29) is 22.6 Å². The molecule has 1 N–H and O–H groups in total. The highest BCUT2D eigenvalue weighted by atomic mass is 35.5. The number of Topliss-reactive ketones (excluding diaryl/α,β-unsaturated/α-hetero) is 1. The second-order valence-electron chi connectivity index (χ2n) is 10.7. The van der Waals surface area contributed by atoms with E-state index in [1.165, 1.54) is 28.0 Å². The van der Waals surface area contributed by atoms with E-state index < -0.39 is 17.7 Å². The van der Waals surface area contributed by atoms with Gasteiger partial charge >= 0.3 is 5.91 Å². The highest BCUT2D eigenvalue weighted by molar-refractivity contribution is 8.00. The first-order valence-electron chi connectivity index (χ1n) is 13.6. The molecule has 0 bridgehead atoms. The van der Waals surface area contributed by atoms with E-state index >= 15 is 0 Å².